The Morgan fingerprint density at radius 1 is 1.38 bits per heavy atom. The highest BCUT2D eigenvalue weighted by Crippen LogP contribution is 2.21. The van der Waals surface area contributed by atoms with E-state index < -0.39 is 0 Å². The van der Waals surface area contributed by atoms with E-state index in [-0.39, 0.29) is 0 Å². The molecule has 0 saturated carbocycles. The molecule has 0 aliphatic carbocycles. The third-order valence-corrected chi connectivity index (χ3v) is 3.56. The number of nitrogens with zero attached hydrogens (tertiary/aromatic N) is 3. The maximum atomic E-state index is 4.28. The van der Waals surface area contributed by atoms with Gasteiger partial charge in [-0.25, -0.2) is 9.97 Å². The van der Waals surface area contributed by atoms with Crippen molar-refractivity contribution in [2.24, 2.45) is 5.92 Å². The molecule has 0 radical (unpaired) electrons. The molecular formula is C12H18BrN3. The van der Waals surface area contributed by atoms with Crippen LogP contribution in [0.5, 0.6) is 0 Å². The Morgan fingerprint density at radius 3 is 2.94 bits per heavy atom. The van der Waals surface area contributed by atoms with Gasteiger partial charge in [0.05, 0.1) is 6.54 Å². The van der Waals surface area contributed by atoms with Crippen molar-refractivity contribution in [2.75, 3.05) is 18.4 Å². The summed E-state index contributed by atoms with van der Waals surface area (Å²) in [5.41, 5.74) is 0. The minimum absolute atomic E-state index is 0.844. The van der Waals surface area contributed by atoms with E-state index in [1.54, 1.807) is 0 Å². The lowest BCUT2D eigenvalue weighted by Gasteiger charge is -2.31. The fraction of sp³-hybridized carbons (Fsp3) is 0.667. The molecule has 0 spiro atoms. The summed E-state index contributed by atoms with van der Waals surface area (Å²) >= 11 is 3.53. The maximum absolute atomic E-state index is 4.28. The topological polar surface area (TPSA) is 29.0 Å². The molecule has 1 saturated heterocycles. The Hall–Kier alpha value is -0.480. The molecule has 3 nitrogen and oxygen atoms in total. The second-order valence-electron chi connectivity index (χ2n) is 4.39. The van der Waals surface area contributed by atoms with Crippen LogP contribution in [0.3, 0.4) is 0 Å². The summed E-state index contributed by atoms with van der Waals surface area (Å²) in [6.07, 6.45) is 7.61. The Morgan fingerprint density at radius 2 is 2.19 bits per heavy atom. The number of hydrogen-bond donors (Lipinski definition) is 0. The number of aromatic nitrogens is 2. The van der Waals surface area contributed by atoms with Gasteiger partial charge in [0.2, 0.25) is 0 Å². The van der Waals surface area contributed by atoms with Crippen LogP contribution < -0.4 is 0 Å². The van der Waals surface area contributed by atoms with Gasteiger partial charge >= 0.3 is 0 Å². The molecule has 1 atom stereocenters. The number of alkyl halides is 1. The second-order valence-corrected chi connectivity index (χ2v) is 5.18. The van der Waals surface area contributed by atoms with Gasteiger partial charge in [0.1, 0.15) is 5.82 Å². The molecule has 0 N–H and O–H groups in total. The molecule has 1 aromatic heterocycles. The molecule has 2 heterocycles. The summed E-state index contributed by atoms with van der Waals surface area (Å²) in [7, 11) is 0. The van der Waals surface area contributed by atoms with E-state index in [1.165, 1.54) is 32.4 Å². The molecule has 1 aliphatic heterocycles. The monoisotopic (exact) mass is 283 g/mol. The van der Waals surface area contributed by atoms with Gasteiger partial charge < -0.3 is 0 Å². The van der Waals surface area contributed by atoms with E-state index in [9.17, 15) is 0 Å². The summed E-state index contributed by atoms with van der Waals surface area (Å²) < 4.78 is 0. The molecule has 4 heteroatoms. The first-order valence-electron chi connectivity index (χ1n) is 5.92. The van der Waals surface area contributed by atoms with Gasteiger partial charge in [-0.15, -0.1) is 0 Å². The van der Waals surface area contributed by atoms with Crippen LogP contribution in [-0.2, 0) is 6.54 Å². The largest absolute Gasteiger partial charge is 0.296 e. The average Bonchev–Trinajstić information content (AvgIpc) is 2.31. The van der Waals surface area contributed by atoms with Crippen LogP contribution in [0.4, 0.5) is 0 Å². The van der Waals surface area contributed by atoms with Gasteiger partial charge in [0, 0.05) is 24.3 Å². The van der Waals surface area contributed by atoms with Crippen molar-refractivity contribution >= 4 is 15.9 Å². The SMILES string of the molecule is BrCCC1CCCN(Cc2ncccn2)C1. The highest BCUT2D eigenvalue weighted by molar-refractivity contribution is 9.09. The molecule has 0 bridgehead atoms. The first-order chi connectivity index (χ1) is 7.88. The van der Waals surface area contributed by atoms with Gasteiger partial charge in [-0.2, -0.15) is 0 Å². The molecule has 1 unspecified atom stereocenters. The highest BCUT2D eigenvalue weighted by Gasteiger charge is 2.19. The van der Waals surface area contributed by atoms with Crippen molar-refractivity contribution in [3.63, 3.8) is 0 Å². The van der Waals surface area contributed by atoms with E-state index in [2.05, 4.69) is 30.8 Å². The molecule has 88 valence electrons. The summed E-state index contributed by atoms with van der Waals surface area (Å²) in [6.45, 7) is 3.29. The maximum Gasteiger partial charge on any atom is 0.142 e. The zero-order chi connectivity index (χ0) is 11.2. The fourth-order valence-electron chi connectivity index (χ4n) is 2.30. The minimum Gasteiger partial charge on any atom is -0.296 e. The van der Waals surface area contributed by atoms with Crippen molar-refractivity contribution < 1.29 is 0 Å². The summed E-state index contributed by atoms with van der Waals surface area (Å²) in [6, 6.07) is 1.87. The predicted octanol–water partition coefficient (Wildman–Crippen LogP) is 2.47. The first kappa shape index (κ1) is 12.0. The lowest BCUT2D eigenvalue weighted by Crippen LogP contribution is -2.35. The van der Waals surface area contributed by atoms with Crippen LogP contribution in [0.25, 0.3) is 0 Å². The Labute approximate surface area is 105 Å². The number of hydrogen-bond acceptors (Lipinski definition) is 3. The van der Waals surface area contributed by atoms with Gasteiger partial charge in [0.25, 0.3) is 0 Å². The summed E-state index contributed by atoms with van der Waals surface area (Å²) in [5.74, 6) is 1.79. The highest BCUT2D eigenvalue weighted by atomic mass is 79.9. The Kier molecular flexibility index (Phi) is 4.72. The molecule has 0 aromatic carbocycles. The third-order valence-electron chi connectivity index (χ3n) is 3.10. The molecule has 1 aromatic rings. The van der Waals surface area contributed by atoms with E-state index in [4.69, 9.17) is 0 Å². The van der Waals surface area contributed by atoms with E-state index in [1.807, 2.05) is 18.5 Å². The Bertz CT molecular complexity index is 302. The van der Waals surface area contributed by atoms with Crippen LogP contribution in [0.2, 0.25) is 0 Å². The van der Waals surface area contributed by atoms with Crippen LogP contribution in [0, 0.1) is 5.92 Å². The van der Waals surface area contributed by atoms with E-state index >= 15 is 0 Å². The van der Waals surface area contributed by atoms with Gasteiger partial charge in [-0.3, -0.25) is 4.90 Å². The fourth-order valence-corrected chi connectivity index (χ4v) is 2.94. The first-order valence-corrected chi connectivity index (χ1v) is 7.05. The van der Waals surface area contributed by atoms with Crippen LogP contribution in [-0.4, -0.2) is 33.3 Å². The van der Waals surface area contributed by atoms with Crippen molar-refractivity contribution in [1.82, 2.24) is 14.9 Å². The third kappa shape index (κ3) is 3.52. The van der Waals surface area contributed by atoms with Crippen molar-refractivity contribution in [3.05, 3.63) is 24.3 Å². The molecule has 1 fully saturated rings. The van der Waals surface area contributed by atoms with Gasteiger partial charge in [-0.05, 0) is 37.8 Å². The Balaban J connectivity index is 1.85. The number of likely N-dealkylation sites (tertiary alicyclic amines) is 1. The summed E-state index contributed by atoms with van der Waals surface area (Å²) in [4.78, 5) is 11.0. The summed E-state index contributed by atoms with van der Waals surface area (Å²) in [5, 5.41) is 1.12. The molecule has 0 amide bonds. The zero-order valence-corrected chi connectivity index (χ0v) is 11.1. The van der Waals surface area contributed by atoms with Crippen molar-refractivity contribution in [1.29, 1.82) is 0 Å². The van der Waals surface area contributed by atoms with Crippen molar-refractivity contribution in [2.45, 2.75) is 25.8 Å². The standard InChI is InChI=1S/C12H18BrN3/c13-5-4-11-3-1-8-16(9-11)10-12-14-6-2-7-15-12/h2,6-7,11H,1,3-5,8-10H2. The lowest BCUT2D eigenvalue weighted by molar-refractivity contribution is 0.162. The smallest absolute Gasteiger partial charge is 0.142 e. The quantitative estimate of drug-likeness (QED) is 0.795. The van der Waals surface area contributed by atoms with E-state index in [0.29, 0.717) is 0 Å². The van der Waals surface area contributed by atoms with E-state index in [0.717, 1.165) is 23.6 Å². The van der Waals surface area contributed by atoms with Crippen molar-refractivity contribution in [3.8, 4) is 0 Å². The molecule has 16 heavy (non-hydrogen) atoms. The molecular weight excluding hydrogens is 266 g/mol. The normalized spacial score (nSPS) is 22.2. The number of piperidine rings is 1. The molecule has 1 aliphatic rings. The predicted molar refractivity (Wildman–Crippen MR) is 68.4 cm³/mol. The zero-order valence-electron chi connectivity index (χ0n) is 9.48. The average molecular weight is 284 g/mol. The number of rotatable bonds is 4. The van der Waals surface area contributed by atoms with Gasteiger partial charge in [-0.1, -0.05) is 15.9 Å². The minimum atomic E-state index is 0.844. The van der Waals surface area contributed by atoms with Crippen LogP contribution >= 0.6 is 15.9 Å². The van der Waals surface area contributed by atoms with Crippen LogP contribution in [0.15, 0.2) is 18.5 Å². The number of halogens is 1. The van der Waals surface area contributed by atoms with Crippen LogP contribution in [0.1, 0.15) is 25.1 Å². The second kappa shape index (κ2) is 6.30. The molecule has 2 rings (SSSR count). The lowest BCUT2D eigenvalue weighted by atomic mass is 9.96. The van der Waals surface area contributed by atoms with Gasteiger partial charge in [0.15, 0.2) is 0 Å².